The Morgan fingerprint density at radius 1 is 1.45 bits per heavy atom. The molecule has 0 bridgehead atoms. The molecule has 0 fully saturated rings. The fourth-order valence-electron chi connectivity index (χ4n) is 1.65. The zero-order valence-electron chi connectivity index (χ0n) is 11.2. The maximum atomic E-state index is 10.9. The van der Waals surface area contributed by atoms with Gasteiger partial charge in [-0.25, -0.2) is 0 Å². The van der Waals surface area contributed by atoms with Crippen molar-refractivity contribution in [2.45, 2.75) is 26.5 Å². The van der Waals surface area contributed by atoms with Gasteiger partial charge in [-0.15, -0.1) is 0 Å². The van der Waals surface area contributed by atoms with Crippen LogP contribution in [0.5, 0.6) is 5.75 Å². The molecule has 0 aliphatic heterocycles. The Morgan fingerprint density at radius 2 is 2.25 bits per heavy atom. The van der Waals surface area contributed by atoms with Crippen molar-refractivity contribution < 1.29 is 14.2 Å². The highest BCUT2D eigenvalue weighted by atomic mass is 16.6. The molecule has 0 atom stereocenters. The number of rotatable bonds is 6. The van der Waals surface area contributed by atoms with Gasteiger partial charge in [0.25, 0.3) is 0 Å². The van der Waals surface area contributed by atoms with E-state index >= 15 is 0 Å². The van der Waals surface area contributed by atoms with Gasteiger partial charge < -0.3 is 14.6 Å². The van der Waals surface area contributed by atoms with E-state index in [1.807, 2.05) is 13.8 Å². The second-order valence-corrected chi connectivity index (χ2v) is 4.44. The lowest BCUT2D eigenvalue weighted by atomic mass is 10.2. The maximum absolute atomic E-state index is 10.9. The second-order valence-electron chi connectivity index (χ2n) is 4.44. The molecule has 0 spiro atoms. The van der Waals surface area contributed by atoms with Gasteiger partial charge in [0.2, 0.25) is 0 Å². The van der Waals surface area contributed by atoms with Crippen LogP contribution < -0.4 is 10.1 Å². The van der Waals surface area contributed by atoms with Crippen LogP contribution in [0.4, 0.5) is 11.4 Å². The van der Waals surface area contributed by atoms with Gasteiger partial charge in [-0.1, -0.05) is 5.16 Å². The Labute approximate surface area is 115 Å². The third-order valence-electron chi connectivity index (χ3n) is 2.48. The van der Waals surface area contributed by atoms with Crippen LogP contribution in [0.3, 0.4) is 0 Å². The lowest BCUT2D eigenvalue weighted by molar-refractivity contribution is -0.386. The van der Waals surface area contributed by atoms with E-state index in [2.05, 4.69) is 10.5 Å². The standard InChI is InChI=1S/C13H15N3O4/c1-9(2)19-13-7-10(3-4-12(13)16(17)18)14-8-11-5-6-15-20-11/h3-7,9,14H,8H2,1-2H3. The van der Waals surface area contributed by atoms with Gasteiger partial charge in [-0.3, -0.25) is 10.1 Å². The van der Waals surface area contributed by atoms with Crippen molar-refractivity contribution >= 4 is 11.4 Å². The number of nitro groups is 1. The van der Waals surface area contributed by atoms with Gasteiger partial charge in [0.15, 0.2) is 11.5 Å². The predicted octanol–water partition coefficient (Wildman–Crippen LogP) is 2.98. The second kappa shape index (κ2) is 6.05. The monoisotopic (exact) mass is 277 g/mol. The van der Waals surface area contributed by atoms with Gasteiger partial charge in [-0.2, -0.15) is 0 Å². The molecule has 20 heavy (non-hydrogen) atoms. The number of hydrogen-bond donors (Lipinski definition) is 1. The molecule has 1 aromatic heterocycles. The number of anilines is 1. The predicted molar refractivity (Wildman–Crippen MR) is 72.7 cm³/mol. The molecule has 2 aromatic rings. The first kappa shape index (κ1) is 13.9. The van der Waals surface area contributed by atoms with Crippen LogP contribution >= 0.6 is 0 Å². The molecule has 1 aromatic carbocycles. The number of nitrogens with zero attached hydrogens (tertiary/aromatic N) is 2. The van der Waals surface area contributed by atoms with Crippen molar-refractivity contribution in [3.05, 3.63) is 46.3 Å². The van der Waals surface area contributed by atoms with E-state index in [1.54, 1.807) is 24.4 Å². The molecule has 1 N–H and O–H groups in total. The summed E-state index contributed by atoms with van der Waals surface area (Å²) >= 11 is 0. The Morgan fingerprint density at radius 3 is 2.85 bits per heavy atom. The number of benzene rings is 1. The lowest BCUT2D eigenvalue weighted by Crippen LogP contribution is -2.08. The topological polar surface area (TPSA) is 90.4 Å². The molecule has 0 aliphatic rings. The number of ether oxygens (including phenoxy) is 1. The minimum Gasteiger partial charge on any atom is -0.484 e. The van der Waals surface area contributed by atoms with Crippen LogP contribution in [0.15, 0.2) is 35.0 Å². The highest BCUT2D eigenvalue weighted by molar-refractivity contribution is 5.58. The summed E-state index contributed by atoms with van der Waals surface area (Å²) in [5, 5.41) is 17.6. The summed E-state index contributed by atoms with van der Waals surface area (Å²) in [6, 6.07) is 6.39. The fraction of sp³-hybridized carbons (Fsp3) is 0.308. The van der Waals surface area contributed by atoms with Gasteiger partial charge in [0, 0.05) is 23.9 Å². The van der Waals surface area contributed by atoms with Gasteiger partial charge in [-0.05, 0) is 19.9 Å². The normalized spacial score (nSPS) is 10.6. The first-order valence-corrected chi connectivity index (χ1v) is 6.15. The first-order valence-electron chi connectivity index (χ1n) is 6.15. The van der Waals surface area contributed by atoms with Crippen molar-refractivity contribution in [2.24, 2.45) is 0 Å². The molecule has 1 heterocycles. The minimum atomic E-state index is -0.460. The largest absolute Gasteiger partial charge is 0.484 e. The highest BCUT2D eigenvalue weighted by Gasteiger charge is 2.16. The minimum absolute atomic E-state index is 0.0519. The Kier molecular flexibility index (Phi) is 4.19. The van der Waals surface area contributed by atoms with E-state index in [0.29, 0.717) is 18.0 Å². The highest BCUT2D eigenvalue weighted by Crippen LogP contribution is 2.31. The van der Waals surface area contributed by atoms with Gasteiger partial charge in [0.1, 0.15) is 0 Å². The molecule has 106 valence electrons. The van der Waals surface area contributed by atoms with E-state index in [-0.39, 0.29) is 17.5 Å². The van der Waals surface area contributed by atoms with Crippen molar-refractivity contribution in [2.75, 3.05) is 5.32 Å². The molecular weight excluding hydrogens is 262 g/mol. The van der Waals surface area contributed by atoms with Crippen molar-refractivity contribution in [3.8, 4) is 5.75 Å². The molecule has 0 aliphatic carbocycles. The molecule has 7 heteroatoms. The Balaban J connectivity index is 2.15. The van der Waals surface area contributed by atoms with E-state index in [1.165, 1.54) is 6.07 Å². The summed E-state index contributed by atoms with van der Waals surface area (Å²) in [6.45, 7) is 4.08. The number of aromatic nitrogens is 1. The van der Waals surface area contributed by atoms with E-state index in [9.17, 15) is 10.1 Å². The quantitative estimate of drug-likeness (QED) is 0.644. The Hall–Kier alpha value is -2.57. The molecule has 0 saturated heterocycles. The summed E-state index contributed by atoms with van der Waals surface area (Å²) in [4.78, 5) is 10.5. The van der Waals surface area contributed by atoms with Crippen LogP contribution in [-0.2, 0) is 6.54 Å². The van der Waals surface area contributed by atoms with E-state index < -0.39 is 4.92 Å². The zero-order chi connectivity index (χ0) is 14.5. The van der Waals surface area contributed by atoms with Crippen molar-refractivity contribution in [1.29, 1.82) is 0 Å². The summed E-state index contributed by atoms with van der Waals surface area (Å²) in [5.41, 5.74) is 0.659. The number of nitro benzene ring substituents is 1. The number of hydrogen-bond acceptors (Lipinski definition) is 6. The van der Waals surface area contributed by atoms with E-state index in [4.69, 9.17) is 9.26 Å². The maximum Gasteiger partial charge on any atom is 0.311 e. The van der Waals surface area contributed by atoms with E-state index in [0.717, 1.165) is 0 Å². The zero-order valence-corrected chi connectivity index (χ0v) is 11.2. The first-order chi connectivity index (χ1) is 9.56. The SMILES string of the molecule is CC(C)Oc1cc(NCc2ccno2)ccc1[N+](=O)[O-]. The molecule has 0 unspecified atom stereocenters. The average molecular weight is 277 g/mol. The molecule has 0 amide bonds. The van der Waals surface area contributed by atoms with Gasteiger partial charge >= 0.3 is 5.69 Å². The van der Waals surface area contributed by atoms with Gasteiger partial charge in [0.05, 0.1) is 23.8 Å². The Bertz CT molecular complexity index is 581. The third kappa shape index (κ3) is 3.47. The molecule has 0 saturated carbocycles. The summed E-state index contributed by atoms with van der Waals surface area (Å²) in [5.74, 6) is 0.919. The molecule has 0 radical (unpaired) electrons. The van der Waals surface area contributed by atoms with Crippen LogP contribution in [0, 0.1) is 10.1 Å². The fourth-order valence-corrected chi connectivity index (χ4v) is 1.65. The summed E-state index contributed by atoms with van der Waals surface area (Å²) in [7, 11) is 0. The summed E-state index contributed by atoms with van der Waals surface area (Å²) < 4.78 is 10.4. The van der Waals surface area contributed by atoms with Crippen LogP contribution in [0.25, 0.3) is 0 Å². The lowest BCUT2D eigenvalue weighted by Gasteiger charge is -2.12. The summed E-state index contributed by atoms with van der Waals surface area (Å²) in [6.07, 6.45) is 1.42. The molecule has 7 nitrogen and oxygen atoms in total. The smallest absolute Gasteiger partial charge is 0.311 e. The number of nitrogens with one attached hydrogen (secondary N) is 1. The average Bonchev–Trinajstić information content (AvgIpc) is 2.88. The van der Waals surface area contributed by atoms with Crippen molar-refractivity contribution in [1.82, 2.24) is 5.16 Å². The van der Waals surface area contributed by atoms with Crippen molar-refractivity contribution in [3.63, 3.8) is 0 Å². The molecule has 2 rings (SSSR count). The van der Waals surface area contributed by atoms with Crippen LogP contribution in [0.2, 0.25) is 0 Å². The third-order valence-corrected chi connectivity index (χ3v) is 2.48. The van der Waals surface area contributed by atoms with Crippen LogP contribution in [0.1, 0.15) is 19.6 Å². The van der Waals surface area contributed by atoms with Crippen LogP contribution in [-0.4, -0.2) is 16.2 Å². The molecular formula is C13H15N3O4.